The molecule has 1 atom stereocenters. The van der Waals surface area contributed by atoms with Crippen molar-refractivity contribution in [2.75, 3.05) is 5.32 Å². The second-order valence-electron chi connectivity index (χ2n) is 5.07. The van der Waals surface area contributed by atoms with Crippen molar-refractivity contribution >= 4 is 11.7 Å². The molecule has 1 fully saturated rings. The molecule has 0 aliphatic heterocycles. The van der Waals surface area contributed by atoms with E-state index in [9.17, 15) is 10.1 Å². The molecule has 100 valence electrons. The maximum Gasteiger partial charge on any atom is 0.305 e. The number of carboxylic acids is 1. The number of nitrogens with one attached hydrogen (secondary N) is 1. The SMILES string of the molecule is Cc1cc(NC(CC(=O)O)C2CC2)c(C#N)c(C)n1. The molecular formula is C14H17N3O2. The van der Waals surface area contributed by atoms with Crippen LogP contribution in [0, 0.1) is 31.1 Å². The van der Waals surface area contributed by atoms with Crippen molar-refractivity contribution in [1.82, 2.24) is 4.98 Å². The highest BCUT2D eigenvalue weighted by Crippen LogP contribution is 2.36. The molecule has 0 spiro atoms. The lowest BCUT2D eigenvalue weighted by Crippen LogP contribution is -2.26. The molecule has 5 heteroatoms. The monoisotopic (exact) mass is 259 g/mol. The first kappa shape index (κ1) is 13.3. The largest absolute Gasteiger partial charge is 0.481 e. The first-order chi connectivity index (χ1) is 9.01. The molecule has 1 aliphatic rings. The van der Waals surface area contributed by atoms with Crippen molar-refractivity contribution in [3.63, 3.8) is 0 Å². The number of aliphatic carboxylic acids is 1. The van der Waals surface area contributed by atoms with Crippen molar-refractivity contribution in [3.8, 4) is 6.07 Å². The second kappa shape index (κ2) is 5.27. The van der Waals surface area contributed by atoms with E-state index in [1.165, 1.54) is 0 Å². The van der Waals surface area contributed by atoms with Crippen LogP contribution < -0.4 is 5.32 Å². The van der Waals surface area contributed by atoms with Crippen LogP contribution in [0.25, 0.3) is 0 Å². The summed E-state index contributed by atoms with van der Waals surface area (Å²) in [5.41, 5.74) is 2.70. The molecule has 5 nitrogen and oxygen atoms in total. The summed E-state index contributed by atoms with van der Waals surface area (Å²) in [6, 6.07) is 3.84. The fourth-order valence-electron chi connectivity index (χ4n) is 2.31. The van der Waals surface area contributed by atoms with E-state index in [0.717, 1.165) is 18.5 Å². The Hall–Kier alpha value is -2.09. The third-order valence-corrected chi connectivity index (χ3v) is 3.37. The Balaban J connectivity index is 2.25. The van der Waals surface area contributed by atoms with Crippen molar-refractivity contribution < 1.29 is 9.90 Å². The fraction of sp³-hybridized carbons (Fsp3) is 0.500. The van der Waals surface area contributed by atoms with Crippen LogP contribution in [0.5, 0.6) is 0 Å². The molecule has 1 heterocycles. The minimum atomic E-state index is -0.814. The third kappa shape index (κ3) is 3.22. The van der Waals surface area contributed by atoms with E-state index >= 15 is 0 Å². The zero-order chi connectivity index (χ0) is 14.0. The molecule has 1 aliphatic carbocycles. The van der Waals surface area contributed by atoms with Gasteiger partial charge in [-0.2, -0.15) is 5.26 Å². The Morgan fingerprint density at radius 1 is 1.63 bits per heavy atom. The summed E-state index contributed by atoms with van der Waals surface area (Å²) in [4.78, 5) is 15.2. The number of hydrogen-bond donors (Lipinski definition) is 2. The summed E-state index contributed by atoms with van der Waals surface area (Å²) in [6.45, 7) is 3.66. The highest BCUT2D eigenvalue weighted by Gasteiger charge is 2.33. The molecule has 19 heavy (non-hydrogen) atoms. The smallest absolute Gasteiger partial charge is 0.305 e. The third-order valence-electron chi connectivity index (χ3n) is 3.37. The molecule has 0 radical (unpaired) electrons. The quantitative estimate of drug-likeness (QED) is 0.846. The molecule has 0 aromatic carbocycles. The van der Waals surface area contributed by atoms with Gasteiger partial charge in [0.25, 0.3) is 0 Å². The van der Waals surface area contributed by atoms with Crippen molar-refractivity contribution in [2.45, 2.75) is 39.2 Å². The number of hydrogen-bond acceptors (Lipinski definition) is 4. The van der Waals surface area contributed by atoms with Crippen molar-refractivity contribution in [3.05, 3.63) is 23.0 Å². The molecule has 0 amide bonds. The number of rotatable bonds is 5. The number of nitriles is 1. The normalized spacial score (nSPS) is 15.6. The van der Waals surface area contributed by atoms with Gasteiger partial charge in [-0.05, 0) is 38.7 Å². The summed E-state index contributed by atoms with van der Waals surface area (Å²) in [5, 5.41) is 21.4. The molecular weight excluding hydrogens is 242 g/mol. The molecule has 2 N–H and O–H groups in total. The number of pyridine rings is 1. The molecule has 1 aromatic rings. The van der Waals surface area contributed by atoms with Crippen LogP contribution in [0.1, 0.15) is 36.2 Å². The van der Waals surface area contributed by atoms with E-state index in [-0.39, 0.29) is 12.5 Å². The summed E-state index contributed by atoms with van der Waals surface area (Å²) >= 11 is 0. The standard InChI is InChI=1S/C14H17N3O2/c1-8-5-13(11(7-15)9(2)16-8)17-12(6-14(18)19)10-3-4-10/h5,10,12H,3-4,6H2,1-2H3,(H,16,17)(H,18,19). The Morgan fingerprint density at radius 3 is 2.84 bits per heavy atom. The highest BCUT2D eigenvalue weighted by molar-refractivity contribution is 5.69. The number of nitrogens with zero attached hydrogens (tertiary/aromatic N) is 2. The Morgan fingerprint density at radius 2 is 2.32 bits per heavy atom. The number of carbonyl (C=O) groups is 1. The lowest BCUT2D eigenvalue weighted by molar-refractivity contribution is -0.137. The van der Waals surface area contributed by atoms with E-state index in [4.69, 9.17) is 5.11 Å². The maximum atomic E-state index is 10.9. The Bertz CT molecular complexity index is 544. The van der Waals surface area contributed by atoms with Crippen LogP contribution in [-0.2, 0) is 4.79 Å². The summed E-state index contributed by atoms with van der Waals surface area (Å²) in [7, 11) is 0. The van der Waals surface area contributed by atoms with E-state index < -0.39 is 5.97 Å². The summed E-state index contributed by atoms with van der Waals surface area (Å²) < 4.78 is 0. The minimum absolute atomic E-state index is 0.0793. The van der Waals surface area contributed by atoms with Gasteiger partial charge in [-0.3, -0.25) is 9.78 Å². The summed E-state index contributed by atoms with van der Waals surface area (Å²) in [6.07, 6.45) is 2.18. The molecule has 0 saturated heterocycles. The van der Waals surface area contributed by atoms with Crippen LogP contribution in [0.4, 0.5) is 5.69 Å². The van der Waals surface area contributed by atoms with Gasteiger partial charge >= 0.3 is 5.97 Å². The minimum Gasteiger partial charge on any atom is -0.481 e. The fourth-order valence-corrected chi connectivity index (χ4v) is 2.31. The van der Waals surface area contributed by atoms with Gasteiger partial charge in [-0.25, -0.2) is 0 Å². The van der Waals surface area contributed by atoms with Crippen molar-refractivity contribution in [1.29, 1.82) is 5.26 Å². The van der Waals surface area contributed by atoms with Gasteiger partial charge < -0.3 is 10.4 Å². The first-order valence-corrected chi connectivity index (χ1v) is 6.38. The van der Waals surface area contributed by atoms with Crippen LogP contribution >= 0.6 is 0 Å². The molecule has 1 saturated carbocycles. The van der Waals surface area contributed by atoms with Crippen LogP contribution in [0.15, 0.2) is 6.07 Å². The lowest BCUT2D eigenvalue weighted by atomic mass is 10.1. The predicted octanol–water partition coefficient (Wildman–Crippen LogP) is 2.24. The van der Waals surface area contributed by atoms with E-state index in [1.807, 2.05) is 13.0 Å². The zero-order valence-corrected chi connectivity index (χ0v) is 11.1. The van der Waals surface area contributed by atoms with Gasteiger partial charge in [0.2, 0.25) is 0 Å². The number of aryl methyl sites for hydroxylation is 2. The predicted molar refractivity (Wildman–Crippen MR) is 70.8 cm³/mol. The number of anilines is 1. The van der Waals surface area contributed by atoms with E-state index in [1.54, 1.807) is 6.92 Å². The van der Waals surface area contributed by atoms with E-state index in [2.05, 4.69) is 16.4 Å². The first-order valence-electron chi connectivity index (χ1n) is 6.38. The average molecular weight is 259 g/mol. The number of aromatic nitrogens is 1. The van der Waals surface area contributed by atoms with Gasteiger partial charge in [0.1, 0.15) is 6.07 Å². The van der Waals surface area contributed by atoms with Crippen molar-refractivity contribution in [2.24, 2.45) is 5.92 Å². The molecule has 0 bridgehead atoms. The second-order valence-corrected chi connectivity index (χ2v) is 5.07. The van der Waals surface area contributed by atoms with Crippen LogP contribution in [0.3, 0.4) is 0 Å². The van der Waals surface area contributed by atoms with Crippen LogP contribution in [-0.4, -0.2) is 22.1 Å². The summed E-state index contributed by atoms with van der Waals surface area (Å²) in [5.74, 6) is -0.415. The zero-order valence-electron chi connectivity index (χ0n) is 11.1. The van der Waals surface area contributed by atoms with Gasteiger partial charge in [-0.15, -0.1) is 0 Å². The van der Waals surface area contributed by atoms with Gasteiger partial charge in [0.05, 0.1) is 23.4 Å². The Kier molecular flexibility index (Phi) is 3.70. The van der Waals surface area contributed by atoms with Gasteiger partial charge in [0, 0.05) is 11.7 Å². The molecule has 1 aromatic heterocycles. The maximum absolute atomic E-state index is 10.9. The molecule has 1 unspecified atom stereocenters. The Labute approximate surface area is 112 Å². The van der Waals surface area contributed by atoms with Gasteiger partial charge in [-0.1, -0.05) is 0 Å². The van der Waals surface area contributed by atoms with E-state index in [0.29, 0.717) is 22.9 Å². The number of carboxylic acid groups (broad SMARTS) is 1. The average Bonchev–Trinajstić information content (AvgIpc) is 3.10. The lowest BCUT2D eigenvalue weighted by Gasteiger charge is -2.19. The topological polar surface area (TPSA) is 86.0 Å². The molecule has 2 rings (SSSR count). The van der Waals surface area contributed by atoms with Gasteiger partial charge in [0.15, 0.2) is 0 Å². The van der Waals surface area contributed by atoms with Crippen LogP contribution in [0.2, 0.25) is 0 Å². The highest BCUT2D eigenvalue weighted by atomic mass is 16.4.